The summed E-state index contributed by atoms with van der Waals surface area (Å²) in [6, 6.07) is 6.75. The molecule has 0 radical (unpaired) electrons. The van der Waals surface area contributed by atoms with E-state index in [0.717, 1.165) is 5.39 Å². The zero-order valence-corrected chi connectivity index (χ0v) is 8.77. The topological polar surface area (TPSA) is 70.4 Å². The normalized spacial score (nSPS) is 10.6. The highest BCUT2D eigenvalue weighted by atomic mass is 16.4. The van der Waals surface area contributed by atoms with Gasteiger partial charge >= 0.3 is 5.97 Å². The number of rotatable bonds is 2. The molecule has 0 fully saturated rings. The number of hydrogen-bond acceptors (Lipinski definition) is 3. The summed E-state index contributed by atoms with van der Waals surface area (Å²) in [6.07, 6.45) is 0.597. The summed E-state index contributed by atoms with van der Waals surface area (Å²) in [6.45, 7) is 1.87. The van der Waals surface area contributed by atoms with Gasteiger partial charge in [-0.25, -0.2) is 9.78 Å². The maximum Gasteiger partial charge on any atom is 0.354 e. The molecule has 0 aliphatic heterocycles. The van der Waals surface area contributed by atoms with E-state index in [1.165, 1.54) is 6.07 Å². The minimum atomic E-state index is -1.07. The summed E-state index contributed by atoms with van der Waals surface area (Å²) in [5.74, 6) is -1.07. The molecule has 2 aromatic rings. The molecule has 0 unspecified atom stereocenters. The van der Waals surface area contributed by atoms with E-state index >= 15 is 0 Å². The zero-order valence-electron chi connectivity index (χ0n) is 8.77. The number of carboxylic acids is 1. The highest BCUT2D eigenvalue weighted by Gasteiger charge is 2.13. The average molecular weight is 217 g/mol. The fourth-order valence-corrected chi connectivity index (χ4v) is 1.68. The number of benzene rings is 1. The van der Waals surface area contributed by atoms with E-state index in [0.29, 0.717) is 17.5 Å². The van der Waals surface area contributed by atoms with E-state index in [1.54, 1.807) is 18.2 Å². The Morgan fingerprint density at radius 3 is 2.81 bits per heavy atom. The molecule has 0 aliphatic carbocycles. The van der Waals surface area contributed by atoms with Crippen LogP contribution < -0.4 is 0 Å². The molecule has 2 N–H and O–H groups in total. The Bertz CT molecular complexity index is 563. The van der Waals surface area contributed by atoms with Crippen molar-refractivity contribution in [1.82, 2.24) is 4.98 Å². The molecule has 0 aliphatic rings. The van der Waals surface area contributed by atoms with Crippen molar-refractivity contribution in [3.8, 4) is 5.75 Å². The molecule has 4 heteroatoms. The van der Waals surface area contributed by atoms with Crippen LogP contribution in [0, 0.1) is 0 Å². The monoisotopic (exact) mass is 217 g/mol. The third-order valence-corrected chi connectivity index (χ3v) is 2.49. The van der Waals surface area contributed by atoms with E-state index in [-0.39, 0.29) is 11.4 Å². The zero-order chi connectivity index (χ0) is 11.7. The molecule has 0 bridgehead atoms. The molecule has 1 aromatic heterocycles. The van der Waals surface area contributed by atoms with Gasteiger partial charge in [0.15, 0.2) is 5.69 Å². The molecule has 0 atom stereocenters. The minimum Gasteiger partial charge on any atom is -0.506 e. The molecule has 0 amide bonds. The SMILES string of the molecule is CCc1cc2cccc(O)c2nc1C(=O)O. The predicted octanol–water partition coefficient (Wildman–Crippen LogP) is 2.20. The highest BCUT2D eigenvalue weighted by molar-refractivity contribution is 5.93. The standard InChI is InChI=1S/C12H11NO3/c1-2-7-6-8-4-3-5-9(14)10(8)13-11(7)12(15)16/h3-6,14H,2H2,1H3,(H,15,16). The van der Waals surface area contributed by atoms with Gasteiger partial charge in [-0.2, -0.15) is 0 Å². The maximum atomic E-state index is 11.0. The number of pyridine rings is 1. The Morgan fingerprint density at radius 2 is 2.19 bits per heavy atom. The Balaban J connectivity index is 2.81. The van der Waals surface area contributed by atoms with Crippen LogP contribution in [0.25, 0.3) is 10.9 Å². The van der Waals surface area contributed by atoms with Gasteiger partial charge in [-0.1, -0.05) is 19.1 Å². The van der Waals surface area contributed by atoms with Crippen molar-refractivity contribution in [2.45, 2.75) is 13.3 Å². The summed E-state index contributed by atoms with van der Waals surface area (Å²) in [5.41, 5.74) is 1.01. The lowest BCUT2D eigenvalue weighted by molar-refractivity contribution is 0.0689. The smallest absolute Gasteiger partial charge is 0.354 e. The average Bonchev–Trinajstić information content (AvgIpc) is 2.27. The number of aromatic nitrogens is 1. The number of para-hydroxylation sites is 1. The van der Waals surface area contributed by atoms with E-state index in [4.69, 9.17) is 5.11 Å². The van der Waals surface area contributed by atoms with Crippen molar-refractivity contribution in [1.29, 1.82) is 0 Å². The van der Waals surface area contributed by atoms with Gasteiger partial charge in [0.2, 0.25) is 0 Å². The summed E-state index contributed by atoms with van der Waals surface area (Å²) in [4.78, 5) is 15.0. The molecule has 2 rings (SSSR count). The lowest BCUT2D eigenvalue weighted by Gasteiger charge is -2.06. The van der Waals surface area contributed by atoms with Crippen molar-refractivity contribution < 1.29 is 15.0 Å². The number of carbonyl (C=O) groups is 1. The summed E-state index contributed by atoms with van der Waals surface area (Å²) < 4.78 is 0. The number of hydrogen-bond donors (Lipinski definition) is 2. The number of aromatic carboxylic acids is 1. The van der Waals surface area contributed by atoms with Crippen LogP contribution in [0.3, 0.4) is 0 Å². The molecule has 82 valence electrons. The van der Waals surface area contributed by atoms with Gasteiger partial charge < -0.3 is 10.2 Å². The van der Waals surface area contributed by atoms with Crippen molar-refractivity contribution >= 4 is 16.9 Å². The first kappa shape index (κ1) is 10.4. The van der Waals surface area contributed by atoms with Crippen molar-refractivity contribution in [3.63, 3.8) is 0 Å². The largest absolute Gasteiger partial charge is 0.506 e. The molecule has 1 aromatic carbocycles. The third kappa shape index (κ3) is 1.58. The van der Waals surface area contributed by atoms with Crippen molar-refractivity contribution in [3.05, 3.63) is 35.5 Å². The number of phenols is 1. The van der Waals surface area contributed by atoms with Crippen LogP contribution in [0.2, 0.25) is 0 Å². The van der Waals surface area contributed by atoms with Crippen molar-refractivity contribution in [2.24, 2.45) is 0 Å². The first-order valence-electron chi connectivity index (χ1n) is 4.98. The maximum absolute atomic E-state index is 11.0. The van der Waals surface area contributed by atoms with E-state index in [1.807, 2.05) is 6.92 Å². The number of aryl methyl sites for hydroxylation is 1. The van der Waals surface area contributed by atoms with Gasteiger partial charge in [0.05, 0.1) is 0 Å². The van der Waals surface area contributed by atoms with Gasteiger partial charge in [-0.05, 0) is 24.1 Å². The van der Waals surface area contributed by atoms with Gasteiger partial charge in [0.25, 0.3) is 0 Å². The van der Waals surface area contributed by atoms with Crippen LogP contribution >= 0.6 is 0 Å². The number of fused-ring (bicyclic) bond motifs is 1. The lowest BCUT2D eigenvalue weighted by atomic mass is 10.1. The van der Waals surface area contributed by atoms with Gasteiger partial charge in [-0.3, -0.25) is 0 Å². The Kier molecular flexibility index (Phi) is 2.48. The number of phenolic OH excluding ortho intramolecular Hbond substituents is 1. The summed E-state index contributed by atoms with van der Waals surface area (Å²) in [5, 5.41) is 19.3. The Morgan fingerprint density at radius 1 is 1.44 bits per heavy atom. The molecular formula is C12H11NO3. The molecule has 1 heterocycles. The van der Waals surface area contributed by atoms with Crippen LogP contribution in [0.15, 0.2) is 24.3 Å². The van der Waals surface area contributed by atoms with Gasteiger partial charge in [0.1, 0.15) is 11.3 Å². The van der Waals surface area contributed by atoms with Crippen LogP contribution in [0.5, 0.6) is 5.75 Å². The Labute approximate surface area is 92.2 Å². The van der Waals surface area contributed by atoms with Crippen LogP contribution in [0.4, 0.5) is 0 Å². The fourth-order valence-electron chi connectivity index (χ4n) is 1.68. The second-order valence-corrected chi connectivity index (χ2v) is 3.50. The molecule has 0 saturated carbocycles. The number of nitrogens with zero attached hydrogens (tertiary/aromatic N) is 1. The van der Waals surface area contributed by atoms with E-state index in [9.17, 15) is 9.90 Å². The predicted molar refractivity (Wildman–Crippen MR) is 59.7 cm³/mol. The summed E-state index contributed by atoms with van der Waals surface area (Å²) >= 11 is 0. The minimum absolute atomic E-state index is 0.00246. The van der Waals surface area contributed by atoms with E-state index in [2.05, 4.69) is 4.98 Å². The fraction of sp³-hybridized carbons (Fsp3) is 0.167. The summed E-state index contributed by atoms with van der Waals surface area (Å²) in [7, 11) is 0. The van der Waals surface area contributed by atoms with Gasteiger partial charge in [0, 0.05) is 5.39 Å². The first-order chi connectivity index (χ1) is 7.63. The molecule has 16 heavy (non-hydrogen) atoms. The van der Waals surface area contributed by atoms with Crippen LogP contribution in [-0.2, 0) is 6.42 Å². The molecule has 0 spiro atoms. The number of aromatic hydroxyl groups is 1. The molecular weight excluding hydrogens is 206 g/mol. The van der Waals surface area contributed by atoms with Crippen LogP contribution in [0.1, 0.15) is 23.0 Å². The second kappa shape index (κ2) is 3.81. The van der Waals surface area contributed by atoms with Gasteiger partial charge in [-0.15, -0.1) is 0 Å². The van der Waals surface area contributed by atoms with E-state index < -0.39 is 5.97 Å². The highest BCUT2D eigenvalue weighted by Crippen LogP contribution is 2.24. The quantitative estimate of drug-likeness (QED) is 0.809. The second-order valence-electron chi connectivity index (χ2n) is 3.50. The van der Waals surface area contributed by atoms with Crippen molar-refractivity contribution in [2.75, 3.05) is 0 Å². The van der Waals surface area contributed by atoms with Crippen LogP contribution in [-0.4, -0.2) is 21.2 Å². The molecule has 4 nitrogen and oxygen atoms in total. The third-order valence-electron chi connectivity index (χ3n) is 2.49. The molecule has 0 saturated heterocycles. The lowest BCUT2D eigenvalue weighted by Crippen LogP contribution is -2.05. The first-order valence-corrected chi connectivity index (χ1v) is 4.98. The Hall–Kier alpha value is -2.10. The number of carboxylic acid groups (broad SMARTS) is 1.